The summed E-state index contributed by atoms with van der Waals surface area (Å²) < 4.78 is 46.6. The lowest BCUT2D eigenvalue weighted by molar-refractivity contribution is -0.319. The highest BCUT2D eigenvalue weighted by atomic mass is 16.7. The predicted octanol–water partition coefficient (Wildman–Crippen LogP) is 0.543. The quantitative estimate of drug-likeness (QED) is 0.111. The van der Waals surface area contributed by atoms with Crippen molar-refractivity contribution in [2.75, 3.05) is 13.2 Å². The number of esters is 3. The van der Waals surface area contributed by atoms with Crippen LogP contribution in [0.5, 0.6) is 0 Å². The molecule has 2 aromatic carbocycles. The molecule has 2 aliphatic heterocycles. The van der Waals surface area contributed by atoms with E-state index >= 15 is 0 Å². The highest BCUT2D eigenvalue weighted by molar-refractivity contribution is 5.74. The number of carbonyl (C=O) groups excluding carboxylic acids is 5. The van der Waals surface area contributed by atoms with Gasteiger partial charge < -0.3 is 58.7 Å². The minimum absolute atomic E-state index is 0.0228. The molecule has 2 saturated heterocycles. The van der Waals surface area contributed by atoms with Gasteiger partial charge in [-0.05, 0) is 5.56 Å². The summed E-state index contributed by atoms with van der Waals surface area (Å²) in [6.45, 7) is 4.91. The lowest BCUT2D eigenvalue weighted by Gasteiger charge is -2.47. The van der Waals surface area contributed by atoms with Gasteiger partial charge in [0.05, 0.1) is 13.2 Å². The Hall–Kier alpha value is -4.49. The van der Waals surface area contributed by atoms with Gasteiger partial charge in [-0.25, -0.2) is 0 Å². The zero-order valence-corrected chi connectivity index (χ0v) is 29.9. The first kappa shape index (κ1) is 41.3. The predicted molar refractivity (Wildman–Crippen MR) is 180 cm³/mol. The van der Waals surface area contributed by atoms with Crippen molar-refractivity contribution in [1.29, 1.82) is 0 Å². The smallest absolute Gasteiger partial charge is 0.303 e. The van der Waals surface area contributed by atoms with Crippen LogP contribution >= 0.6 is 0 Å². The topological polar surface area (TPSA) is 224 Å². The number of nitrogens with one attached hydrogen (secondary N) is 2. The maximum absolute atomic E-state index is 12.4. The van der Waals surface area contributed by atoms with Crippen molar-refractivity contribution < 1.29 is 72.1 Å². The van der Waals surface area contributed by atoms with Crippen LogP contribution in [0.1, 0.15) is 52.0 Å². The van der Waals surface area contributed by atoms with Crippen molar-refractivity contribution in [3.05, 3.63) is 71.8 Å². The van der Waals surface area contributed by atoms with Gasteiger partial charge in [0.2, 0.25) is 11.8 Å². The second-order valence-corrected chi connectivity index (χ2v) is 12.5. The fourth-order valence-electron chi connectivity index (χ4n) is 5.97. The van der Waals surface area contributed by atoms with Crippen LogP contribution < -0.4 is 10.6 Å². The van der Waals surface area contributed by atoms with E-state index in [0.717, 1.165) is 26.3 Å². The number of carbonyl (C=O) groups is 5. The lowest BCUT2D eigenvalue weighted by atomic mass is 9.95. The Bertz CT molecular complexity index is 1530. The number of amides is 2. The van der Waals surface area contributed by atoms with E-state index in [4.69, 9.17) is 37.9 Å². The minimum Gasteiger partial charge on any atom is -0.463 e. The number of rotatable bonds is 15. The summed E-state index contributed by atoms with van der Waals surface area (Å²) in [6.07, 6.45) is -12.5. The molecule has 2 amide bonds. The molecule has 290 valence electrons. The highest BCUT2D eigenvalue weighted by Crippen LogP contribution is 2.32. The molecule has 2 fully saturated rings. The Kier molecular flexibility index (Phi) is 15.2. The molecule has 0 bridgehead atoms. The van der Waals surface area contributed by atoms with E-state index < -0.39 is 111 Å². The van der Waals surface area contributed by atoms with Gasteiger partial charge in [0.25, 0.3) is 0 Å². The number of hydrogen-bond donors (Lipinski definition) is 4. The third kappa shape index (κ3) is 12.0. The molecule has 17 nitrogen and oxygen atoms in total. The molecule has 17 heteroatoms. The second-order valence-electron chi connectivity index (χ2n) is 12.5. The Morgan fingerprint density at radius 2 is 1.21 bits per heavy atom. The van der Waals surface area contributed by atoms with Crippen molar-refractivity contribution in [2.24, 2.45) is 0 Å². The summed E-state index contributed by atoms with van der Waals surface area (Å²) in [6, 6.07) is 15.0. The molecular formula is C36H46N2O15. The zero-order chi connectivity index (χ0) is 38.7. The number of benzene rings is 2. The van der Waals surface area contributed by atoms with E-state index in [-0.39, 0.29) is 6.61 Å². The van der Waals surface area contributed by atoms with E-state index in [0.29, 0.717) is 5.56 Å². The molecule has 1 unspecified atom stereocenters. The molecule has 53 heavy (non-hydrogen) atoms. The van der Waals surface area contributed by atoms with Gasteiger partial charge >= 0.3 is 17.9 Å². The molecule has 2 aliphatic rings. The van der Waals surface area contributed by atoms with Gasteiger partial charge in [0.1, 0.15) is 43.1 Å². The van der Waals surface area contributed by atoms with Gasteiger partial charge in [-0.1, -0.05) is 60.7 Å². The monoisotopic (exact) mass is 746 g/mol. The van der Waals surface area contributed by atoms with Crippen LogP contribution in [-0.4, -0.2) is 114 Å². The van der Waals surface area contributed by atoms with Gasteiger partial charge in [-0.2, -0.15) is 0 Å². The zero-order valence-electron chi connectivity index (χ0n) is 29.9. The third-order valence-corrected chi connectivity index (χ3v) is 8.17. The average Bonchev–Trinajstić information content (AvgIpc) is 3.10. The fraction of sp³-hybridized carbons (Fsp3) is 0.528. The van der Waals surface area contributed by atoms with E-state index in [1.165, 1.54) is 13.8 Å². The molecule has 0 spiro atoms. The summed E-state index contributed by atoms with van der Waals surface area (Å²) in [5.41, 5.74) is 1.14. The summed E-state index contributed by atoms with van der Waals surface area (Å²) >= 11 is 0. The Labute approximate surface area is 306 Å². The maximum Gasteiger partial charge on any atom is 0.303 e. The van der Waals surface area contributed by atoms with Crippen LogP contribution in [-0.2, 0) is 68.5 Å². The summed E-state index contributed by atoms with van der Waals surface area (Å²) in [5.74, 6) is -3.34. The Morgan fingerprint density at radius 1 is 0.679 bits per heavy atom. The normalized spacial score (nSPS) is 28.9. The number of aliphatic hydroxyl groups excluding tert-OH is 2. The van der Waals surface area contributed by atoms with Crippen molar-refractivity contribution >= 4 is 29.7 Å². The van der Waals surface area contributed by atoms with E-state index in [2.05, 4.69) is 10.6 Å². The van der Waals surface area contributed by atoms with Gasteiger partial charge in [-0.15, -0.1) is 0 Å². The van der Waals surface area contributed by atoms with Crippen molar-refractivity contribution in [3.8, 4) is 0 Å². The average molecular weight is 747 g/mol. The van der Waals surface area contributed by atoms with Crippen LogP contribution in [0, 0.1) is 0 Å². The molecule has 0 aromatic heterocycles. The van der Waals surface area contributed by atoms with Crippen LogP contribution in [0.2, 0.25) is 0 Å². The first-order valence-corrected chi connectivity index (χ1v) is 16.9. The maximum atomic E-state index is 12.4. The summed E-state index contributed by atoms with van der Waals surface area (Å²) in [7, 11) is 0. The molecule has 0 aliphatic carbocycles. The minimum atomic E-state index is -1.58. The highest BCUT2D eigenvalue weighted by Gasteiger charge is 2.53. The lowest BCUT2D eigenvalue weighted by Crippen LogP contribution is -2.68. The first-order valence-electron chi connectivity index (χ1n) is 16.9. The van der Waals surface area contributed by atoms with Crippen molar-refractivity contribution in [1.82, 2.24) is 10.6 Å². The van der Waals surface area contributed by atoms with Gasteiger partial charge in [-0.3, -0.25) is 24.0 Å². The SMILES string of the molecule is CC(=O)N[C@H]1[C@H](OC[C@H]2O[C@H](OCc3ccccc3)[C@H](NC(C)=O)[C@@H](OC(O)c3ccccc3)[C@@H]2O)O[C@H](COC(C)=O)[C@@H](OC(C)=O)[C@@H]1OC(C)=O. The number of aliphatic hydroxyl groups is 2. The summed E-state index contributed by atoms with van der Waals surface area (Å²) in [4.78, 5) is 60.9. The van der Waals surface area contributed by atoms with E-state index in [1.807, 2.05) is 30.3 Å². The Balaban J connectivity index is 1.66. The van der Waals surface area contributed by atoms with Crippen LogP contribution in [0.15, 0.2) is 60.7 Å². The third-order valence-electron chi connectivity index (χ3n) is 8.17. The largest absolute Gasteiger partial charge is 0.463 e. The summed E-state index contributed by atoms with van der Waals surface area (Å²) in [5, 5.41) is 28.1. The fourth-order valence-corrected chi connectivity index (χ4v) is 5.97. The van der Waals surface area contributed by atoms with Crippen LogP contribution in [0.3, 0.4) is 0 Å². The van der Waals surface area contributed by atoms with Crippen LogP contribution in [0.4, 0.5) is 0 Å². The van der Waals surface area contributed by atoms with E-state index in [1.54, 1.807) is 30.3 Å². The van der Waals surface area contributed by atoms with Gasteiger partial charge in [0.15, 0.2) is 31.1 Å². The number of hydrogen-bond acceptors (Lipinski definition) is 15. The molecule has 2 aromatic rings. The molecular weight excluding hydrogens is 700 g/mol. The molecule has 4 rings (SSSR count). The molecule has 2 heterocycles. The second kappa shape index (κ2) is 19.5. The number of ether oxygens (including phenoxy) is 8. The Morgan fingerprint density at radius 3 is 1.77 bits per heavy atom. The molecule has 4 N–H and O–H groups in total. The van der Waals surface area contributed by atoms with E-state index in [9.17, 15) is 34.2 Å². The molecule has 0 saturated carbocycles. The first-order chi connectivity index (χ1) is 25.2. The van der Waals surface area contributed by atoms with Crippen molar-refractivity contribution in [3.63, 3.8) is 0 Å². The molecule has 0 radical (unpaired) electrons. The molecule has 11 atom stereocenters. The van der Waals surface area contributed by atoms with Crippen LogP contribution in [0.25, 0.3) is 0 Å². The van der Waals surface area contributed by atoms with Gasteiger partial charge in [0, 0.05) is 40.2 Å². The van der Waals surface area contributed by atoms with Crippen molar-refractivity contribution in [2.45, 2.75) is 109 Å². The standard InChI is InChI=1S/C36H46N2O15/c1-19(39)37-28-32(53-34(45)25-14-10-7-11-15-25)30(44)26(51-35(28)47-16-24-12-8-6-9-13-24)17-48-36-29(38-20(2)40)33(50-23(5)43)31(49-22(4)42)27(52-36)18-46-21(3)41/h6-15,26-36,44-45H,16-18H2,1-5H3,(H,37,39)(H,38,40)/t26-,27-,28-,29-,30-,31-,32-,33-,34?,35+,36-/m1/s1.